The number of nitrogens with zero attached hydrogens (tertiary/aromatic N) is 1. The van der Waals surface area contributed by atoms with Crippen LogP contribution in [-0.4, -0.2) is 51.6 Å². The van der Waals surface area contributed by atoms with Crippen LogP contribution in [0.15, 0.2) is 0 Å². The van der Waals surface area contributed by atoms with Gasteiger partial charge in [0.15, 0.2) is 0 Å². The summed E-state index contributed by atoms with van der Waals surface area (Å²) in [4.78, 5) is 12.5. The molecule has 0 amide bonds. The fraction of sp³-hybridized carbons (Fsp3) is 0.857. The van der Waals surface area contributed by atoms with Crippen LogP contribution in [0.3, 0.4) is 0 Å². The maximum atomic E-state index is 10.8. The first-order chi connectivity index (χ1) is 4.95. The third-order valence-electron chi connectivity index (χ3n) is 2.04. The Bertz CT molecular complexity index is 149. The number of likely N-dealkylation sites (N-methyl/N-ethyl adjacent to an activating group) is 1. The second-order valence-corrected chi connectivity index (χ2v) is 3.78. The molecular weight excluding hydrogens is 209 g/mol. The molecule has 0 unspecified atom stereocenters. The van der Waals surface area contributed by atoms with Gasteiger partial charge in [0.05, 0.1) is 0 Å². The summed E-state index contributed by atoms with van der Waals surface area (Å²) in [5, 5.41) is 9.64. The van der Waals surface area contributed by atoms with Crippen LogP contribution in [0.4, 0.5) is 0 Å². The van der Waals surface area contributed by atoms with Crippen molar-refractivity contribution in [3.05, 3.63) is 0 Å². The van der Waals surface area contributed by atoms with Crippen molar-refractivity contribution in [3.8, 4) is 0 Å². The van der Waals surface area contributed by atoms with Gasteiger partial charge in [0.25, 0.3) is 0 Å². The van der Waals surface area contributed by atoms with E-state index in [1.54, 1.807) is 25.9 Å². The van der Waals surface area contributed by atoms with Gasteiger partial charge in [0, 0.05) is 0 Å². The topological polar surface area (TPSA) is 40.5 Å². The third kappa shape index (κ3) is 2.47. The van der Waals surface area contributed by atoms with Gasteiger partial charge in [0.1, 0.15) is 0 Å². The van der Waals surface area contributed by atoms with Crippen LogP contribution < -0.4 is 0 Å². The van der Waals surface area contributed by atoms with Crippen molar-refractivity contribution in [2.45, 2.75) is 24.2 Å². The van der Waals surface area contributed by atoms with E-state index in [2.05, 4.69) is 16.0 Å². The molecule has 3 nitrogen and oxygen atoms in total. The zero-order chi connectivity index (χ0) is 9.07. The monoisotopic (exact) mass is 224 g/mol. The first kappa shape index (κ1) is 10.9. The molecule has 1 atom stereocenters. The minimum absolute atomic E-state index is 0.634. The quantitative estimate of drug-likeness (QED) is 0.700. The molecule has 0 saturated heterocycles. The van der Waals surface area contributed by atoms with E-state index >= 15 is 0 Å². The van der Waals surface area contributed by atoms with Gasteiger partial charge in [-0.2, -0.15) is 0 Å². The average molecular weight is 223 g/mol. The molecule has 0 heterocycles. The van der Waals surface area contributed by atoms with Gasteiger partial charge >= 0.3 is 75.1 Å². The van der Waals surface area contributed by atoms with Crippen LogP contribution in [0, 0.1) is 0 Å². The molecular formula is C7H14NO2Se. The van der Waals surface area contributed by atoms with E-state index in [1.807, 2.05) is 0 Å². The summed E-state index contributed by atoms with van der Waals surface area (Å²) in [5.41, 5.74) is -0.731. The van der Waals surface area contributed by atoms with Crippen LogP contribution in [0.2, 0.25) is 5.32 Å². The number of carboxylic acid groups (broad SMARTS) is 1. The van der Waals surface area contributed by atoms with Gasteiger partial charge in [0.2, 0.25) is 0 Å². The second-order valence-electron chi connectivity index (χ2n) is 2.93. The van der Waals surface area contributed by atoms with Crippen LogP contribution in [0.5, 0.6) is 0 Å². The van der Waals surface area contributed by atoms with E-state index in [9.17, 15) is 4.79 Å². The van der Waals surface area contributed by atoms with Crippen molar-refractivity contribution in [2.75, 3.05) is 14.1 Å². The van der Waals surface area contributed by atoms with Crippen molar-refractivity contribution in [1.29, 1.82) is 0 Å². The van der Waals surface area contributed by atoms with E-state index in [0.717, 1.165) is 5.32 Å². The summed E-state index contributed by atoms with van der Waals surface area (Å²) in [7, 11) is 3.56. The van der Waals surface area contributed by atoms with Crippen molar-refractivity contribution >= 4 is 22.0 Å². The van der Waals surface area contributed by atoms with Gasteiger partial charge in [-0.1, -0.05) is 0 Å². The van der Waals surface area contributed by atoms with Crippen molar-refractivity contribution in [3.63, 3.8) is 0 Å². The summed E-state index contributed by atoms with van der Waals surface area (Å²) >= 11 is 2.82. The molecule has 0 aromatic rings. The Hall–Kier alpha value is -0.0505. The number of rotatable bonds is 4. The number of aliphatic carboxylic acids is 1. The number of hydrogen-bond acceptors (Lipinski definition) is 2. The molecule has 0 aromatic heterocycles. The first-order valence-electron chi connectivity index (χ1n) is 3.44. The number of carbonyl (C=O) groups is 1. The molecule has 1 N–H and O–H groups in total. The first-order valence-corrected chi connectivity index (χ1v) is 4.65. The molecule has 65 valence electrons. The van der Waals surface area contributed by atoms with Gasteiger partial charge in [-0.15, -0.1) is 0 Å². The normalized spacial score (nSPS) is 16.5. The Balaban J connectivity index is 4.38. The van der Waals surface area contributed by atoms with Crippen LogP contribution in [0.25, 0.3) is 0 Å². The predicted octanol–water partition coefficient (Wildman–Crippen LogP) is 0.368. The van der Waals surface area contributed by atoms with Crippen LogP contribution in [-0.2, 0) is 4.79 Å². The van der Waals surface area contributed by atoms with Crippen molar-refractivity contribution < 1.29 is 9.90 Å². The summed E-state index contributed by atoms with van der Waals surface area (Å²) in [6.07, 6.45) is 0.634. The fourth-order valence-corrected chi connectivity index (χ4v) is 1.55. The molecule has 0 aliphatic rings. The standard InChI is InChI=1S/C7H14NO2Se/c1-7(4-5-11,6(9)10)8(2)3/h4-5H2,1-3H3,(H,9,10)/t7-/m0/s1. The Morgan fingerprint density at radius 3 is 2.18 bits per heavy atom. The van der Waals surface area contributed by atoms with Gasteiger partial charge in [-0.25, -0.2) is 0 Å². The molecule has 0 aliphatic heterocycles. The third-order valence-corrected chi connectivity index (χ3v) is 2.46. The molecule has 0 rings (SSSR count). The van der Waals surface area contributed by atoms with E-state index in [-0.39, 0.29) is 0 Å². The molecule has 0 spiro atoms. The fourth-order valence-electron chi connectivity index (χ4n) is 0.721. The molecule has 0 bridgehead atoms. The molecule has 4 heteroatoms. The maximum absolute atomic E-state index is 10.8. The molecule has 0 aliphatic carbocycles. The summed E-state index contributed by atoms with van der Waals surface area (Å²) < 4.78 is 0. The Morgan fingerprint density at radius 2 is 2.09 bits per heavy atom. The van der Waals surface area contributed by atoms with Crippen LogP contribution in [0.1, 0.15) is 13.3 Å². The number of hydrogen-bond donors (Lipinski definition) is 1. The predicted molar refractivity (Wildman–Crippen MR) is 44.9 cm³/mol. The zero-order valence-corrected chi connectivity index (χ0v) is 8.84. The summed E-state index contributed by atoms with van der Waals surface area (Å²) in [6, 6.07) is 0. The van der Waals surface area contributed by atoms with Crippen molar-refractivity contribution in [2.24, 2.45) is 0 Å². The average Bonchev–Trinajstić information content (AvgIpc) is 1.87. The second kappa shape index (κ2) is 4.10. The molecule has 11 heavy (non-hydrogen) atoms. The summed E-state index contributed by atoms with van der Waals surface area (Å²) in [6.45, 7) is 1.73. The zero-order valence-electron chi connectivity index (χ0n) is 7.13. The Kier molecular flexibility index (Phi) is 4.08. The van der Waals surface area contributed by atoms with Gasteiger partial charge in [-0.3, -0.25) is 0 Å². The van der Waals surface area contributed by atoms with E-state index in [1.165, 1.54) is 0 Å². The summed E-state index contributed by atoms with van der Waals surface area (Å²) in [5.74, 6) is -0.766. The van der Waals surface area contributed by atoms with Crippen LogP contribution >= 0.6 is 0 Å². The Morgan fingerprint density at radius 1 is 1.64 bits per heavy atom. The number of carboxylic acids is 1. The van der Waals surface area contributed by atoms with E-state index < -0.39 is 11.5 Å². The SMILES string of the molecule is CN(C)[C@@](C)(CC[Se])C(=O)O. The minimum atomic E-state index is -0.766. The molecule has 0 fully saturated rings. The molecule has 1 radical (unpaired) electrons. The van der Waals surface area contributed by atoms with Crippen molar-refractivity contribution in [1.82, 2.24) is 4.90 Å². The Labute approximate surface area is 75.6 Å². The molecule has 0 saturated carbocycles. The van der Waals surface area contributed by atoms with Gasteiger partial charge < -0.3 is 0 Å². The van der Waals surface area contributed by atoms with E-state index in [0.29, 0.717) is 6.42 Å². The van der Waals surface area contributed by atoms with E-state index in [4.69, 9.17) is 5.11 Å². The molecule has 0 aromatic carbocycles. The van der Waals surface area contributed by atoms with Gasteiger partial charge in [-0.05, 0) is 0 Å².